The summed E-state index contributed by atoms with van der Waals surface area (Å²) in [5.74, 6) is -0.394. The molecule has 0 atom stereocenters. The van der Waals surface area contributed by atoms with Gasteiger partial charge in [0.2, 0.25) is 15.9 Å². The molecule has 9 heteroatoms. The monoisotopic (exact) mass is 350 g/mol. The van der Waals surface area contributed by atoms with Crippen molar-refractivity contribution < 1.29 is 18.0 Å². The van der Waals surface area contributed by atoms with Crippen LogP contribution in [-0.4, -0.2) is 62.5 Å². The second-order valence-electron chi connectivity index (χ2n) is 5.46. The highest BCUT2D eigenvalue weighted by Gasteiger charge is 2.24. The average Bonchev–Trinajstić information content (AvgIpc) is 2.54. The van der Waals surface area contributed by atoms with E-state index in [9.17, 15) is 18.0 Å². The van der Waals surface area contributed by atoms with E-state index in [1.165, 1.54) is 12.1 Å². The minimum atomic E-state index is -3.36. The third kappa shape index (κ3) is 4.70. The first kappa shape index (κ1) is 17.7. The molecular weight excluding hydrogens is 332 g/mol. The standard InChI is InChI=1S/C15H18N4O4S/c1-24(22,23)17-13-4-2-12(3-5-13)15(21)19-10-8-18(9-11-19)14(20)6-7-16/h2-5,17H,6,8-11H2,1H3. The van der Waals surface area contributed by atoms with Gasteiger partial charge in [0.1, 0.15) is 6.42 Å². The molecule has 1 aromatic rings. The van der Waals surface area contributed by atoms with Crippen LogP contribution in [0.4, 0.5) is 5.69 Å². The van der Waals surface area contributed by atoms with Gasteiger partial charge >= 0.3 is 0 Å². The summed E-state index contributed by atoms with van der Waals surface area (Å²) in [6.45, 7) is 1.61. The van der Waals surface area contributed by atoms with Gasteiger partial charge in [-0.3, -0.25) is 14.3 Å². The van der Waals surface area contributed by atoms with E-state index in [4.69, 9.17) is 5.26 Å². The van der Waals surface area contributed by atoms with Gasteiger partial charge in [-0.25, -0.2) is 8.42 Å². The molecule has 1 aliphatic rings. The maximum Gasteiger partial charge on any atom is 0.253 e. The highest BCUT2D eigenvalue weighted by Crippen LogP contribution is 2.14. The maximum atomic E-state index is 12.4. The number of nitriles is 1. The molecule has 1 N–H and O–H groups in total. The number of benzene rings is 1. The molecule has 1 saturated heterocycles. The number of piperazine rings is 1. The molecule has 0 radical (unpaired) electrons. The van der Waals surface area contributed by atoms with Crippen LogP contribution in [0, 0.1) is 11.3 Å². The van der Waals surface area contributed by atoms with E-state index in [1.54, 1.807) is 21.9 Å². The van der Waals surface area contributed by atoms with Crippen LogP contribution in [0.2, 0.25) is 0 Å². The molecule has 0 bridgehead atoms. The minimum Gasteiger partial charge on any atom is -0.338 e. The maximum absolute atomic E-state index is 12.4. The summed E-state index contributed by atoms with van der Waals surface area (Å²) in [5, 5.41) is 8.54. The molecule has 0 aliphatic carbocycles. The first-order valence-corrected chi connectivity index (χ1v) is 9.21. The van der Waals surface area contributed by atoms with E-state index in [1.807, 2.05) is 6.07 Å². The van der Waals surface area contributed by atoms with Crippen LogP contribution in [-0.2, 0) is 14.8 Å². The fourth-order valence-corrected chi connectivity index (χ4v) is 2.98. The van der Waals surface area contributed by atoms with Gasteiger partial charge < -0.3 is 9.80 Å². The Kier molecular flexibility index (Phi) is 5.41. The molecule has 1 fully saturated rings. The van der Waals surface area contributed by atoms with Gasteiger partial charge in [0.25, 0.3) is 5.91 Å². The minimum absolute atomic E-state index is 0.150. The van der Waals surface area contributed by atoms with Crippen molar-refractivity contribution in [2.24, 2.45) is 0 Å². The Balaban J connectivity index is 1.96. The molecule has 1 aromatic carbocycles. The number of nitrogens with one attached hydrogen (secondary N) is 1. The van der Waals surface area contributed by atoms with E-state index in [-0.39, 0.29) is 18.2 Å². The van der Waals surface area contributed by atoms with Gasteiger partial charge in [-0.1, -0.05) is 0 Å². The van der Waals surface area contributed by atoms with Crippen molar-refractivity contribution in [1.29, 1.82) is 5.26 Å². The number of nitrogens with zero attached hydrogens (tertiary/aromatic N) is 3. The second kappa shape index (κ2) is 7.31. The van der Waals surface area contributed by atoms with E-state index in [0.717, 1.165) is 6.26 Å². The van der Waals surface area contributed by atoms with Crippen LogP contribution < -0.4 is 4.72 Å². The molecule has 8 nitrogen and oxygen atoms in total. The molecule has 2 rings (SSSR count). The van der Waals surface area contributed by atoms with Crippen molar-refractivity contribution in [3.63, 3.8) is 0 Å². The number of hydrogen-bond donors (Lipinski definition) is 1. The Morgan fingerprint density at radius 3 is 2.17 bits per heavy atom. The molecule has 2 amide bonds. The zero-order chi connectivity index (χ0) is 17.7. The van der Waals surface area contributed by atoms with Crippen LogP contribution in [0.25, 0.3) is 0 Å². The van der Waals surface area contributed by atoms with E-state index < -0.39 is 10.0 Å². The van der Waals surface area contributed by atoms with Gasteiger partial charge in [0.15, 0.2) is 0 Å². The lowest BCUT2D eigenvalue weighted by Crippen LogP contribution is -2.50. The second-order valence-corrected chi connectivity index (χ2v) is 7.21. The first-order valence-electron chi connectivity index (χ1n) is 7.32. The summed E-state index contributed by atoms with van der Waals surface area (Å²) >= 11 is 0. The fraction of sp³-hybridized carbons (Fsp3) is 0.400. The number of rotatable bonds is 4. The summed E-state index contributed by atoms with van der Waals surface area (Å²) in [5.41, 5.74) is 0.840. The van der Waals surface area contributed by atoms with Gasteiger partial charge in [-0.15, -0.1) is 0 Å². The van der Waals surface area contributed by atoms with E-state index in [2.05, 4.69) is 4.72 Å². The molecule has 0 unspecified atom stereocenters. The smallest absolute Gasteiger partial charge is 0.253 e. The Morgan fingerprint density at radius 1 is 1.12 bits per heavy atom. The van der Waals surface area contributed by atoms with Crippen molar-refractivity contribution in [2.45, 2.75) is 6.42 Å². The fourth-order valence-electron chi connectivity index (χ4n) is 2.42. The van der Waals surface area contributed by atoms with Crippen molar-refractivity contribution in [2.75, 3.05) is 37.2 Å². The molecular formula is C15H18N4O4S. The van der Waals surface area contributed by atoms with Gasteiger partial charge in [-0.2, -0.15) is 5.26 Å². The Labute approximate surface area is 140 Å². The van der Waals surface area contributed by atoms with E-state index in [0.29, 0.717) is 37.4 Å². The summed E-state index contributed by atoms with van der Waals surface area (Å²) in [7, 11) is -3.36. The topological polar surface area (TPSA) is 111 Å². The predicted molar refractivity (Wildman–Crippen MR) is 87.6 cm³/mol. The highest BCUT2D eigenvalue weighted by atomic mass is 32.2. The van der Waals surface area contributed by atoms with Crippen LogP contribution in [0.5, 0.6) is 0 Å². The van der Waals surface area contributed by atoms with Crippen molar-refractivity contribution >= 4 is 27.5 Å². The van der Waals surface area contributed by atoms with Crippen LogP contribution in [0.3, 0.4) is 0 Å². The third-order valence-electron chi connectivity index (χ3n) is 3.58. The first-order chi connectivity index (χ1) is 11.3. The lowest BCUT2D eigenvalue weighted by atomic mass is 10.1. The van der Waals surface area contributed by atoms with Crippen molar-refractivity contribution in [3.05, 3.63) is 29.8 Å². The largest absolute Gasteiger partial charge is 0.338 e. The quantitative estimate of drug-likeness (QED) is 0.837. The van der Waals surface area contributed by atoms with Gasteiger partial charge in [0, 0.05) is 37.4 Å². The van der Waals surface area contributed by atoms with E-state index >= 15 is 0 Å². The Bertz CT molecular complexity index is 760. The molecule has 0 aromatic heterocycles. The predicted octanol–water partition coefficient (Wildman–Crippen LogP) is 0.256. The average molecular weight is 350 g/mol. The molecule has 0 saturated carbocycles. The number of carbonyl (C=O) groups is 2. The number of sulfonamides is 1. The van der Waals surface area contributed by atoms with Gasteiger partial charge in [0.05, 0.1) is 12.3 Å². The van der Waals surface area contributed by atoms with Crippen LogP contribution in [0.1, 0.15) is 16.8 Å². The normalized spacial score (nSPS) is 14.8. The summed E-state index contributed by atoms with van der Waals surface area (Å²) in [6.07, 6.45) is 0.905. The zero-order valence-electron chi connectivity index (χ0n) is 13.2. The van der Waals surface area contributed by atoms with Crippen LogP contribution in [0.15, 0.2) is 24.3 Å². The van der Waals surface area contributed by atoms with Crippen LogP contribution >= 0.6 is 0 Å². The van der Waals surface area contributed by atoms with Crippen molar-refractivity contribution in [3.8, 4) is 6.07 Å². The molecule has 128 valence electrons. The zero-order valence-corrected chi connectivity index (χ0v) is 14.0. The number of carbonyl (C=O) groups excluding carboxylic acids is 2. The number of hydrogen-bond acceptors (Lipinski definition) is 5. The van der Waals surface area contributed by atoms with Gasteiger partial charge in [-0.05, 0) is 24.3 Å². The SMILES string of the molecule is CS(=O)(=O)Nc1ccc(C(=O)N2CCN(C(=O)CC#N)CC2)cc1. The third-order valence-corrected chi connectivity index (χ3v) is 4.19. The molecule has 24 heavy (non-hydrogen) atoms. The Morgan fingerprint density at radius 2 is 1.67 bits per heavy atom. The van der Waals surface area contributed by atoms with Crippen molar-refractivity contribution in [1.82, 2.24) is 9.80 Å². The molecule has 1 aliphatic heterocycles. The number of amides is 2. The highest BCUT2D eigenvalue weighted by molar-refractivity contribution is 7.92. The molecule has 0 spiro atoms. The summed E-state index contributed by atoms with van der Waals surface area (Å²) in [4.78, 5) is 27.3. The molecule has 1 heterocycles. The summed E-state index contributed by atoms with van der Waals surface area (Å²) < 4.78 is 24.7. The lowest BCUT2D eigenvalue weighted by molar-refractivity contribution is -0.131. The number of anilines is 1. The lowest BCUT2D eigenvalue weighted by Gasteiger charge is -2.34. The summed E-state index contributed by atoms with van der Waals surface area (Å²) in [6, 6.07) is 8.00. The Hall–Kier alpha value is -2.60.